The molecule has 0 saturated heterocycles. The lowest BCUT2D eigenvalue weighted by Crippen LogP contribution is -2.12. The standard InChI is InChI=1S/C16H17Cl2N5O/c1-11-15(18)16(23-10-22-11)20-6-7-24-12(8-19)9-21-14-5-3-2-4-13(14)17/h2-5,8-10,19,21H,6-7H2,1H3,(H,20,22,23)/b12-9+,19-8?. The Morgan fingerprint density at radius 1 is 1.29 bits per heavy atom. The van der Waals surface area contributed by atoms with Gasteiger partial charge in [0.2, 0.25) is 0 Å². The van der Waals surface area contributed by atoms with Gasteiger partial charge < -0.3 is 20.8 Å². The van der Waals surface area contributed by atoms with Crippen molar-refractivity contribution in [2.24, 2.45) is 0 Å². The van der Waals surface area contributed by atoms with Crippen molar-refractivity contribution >= 4 is 40.9 Å². The number of aryl methyl sites for hydroxylation is 1. The minimum Gasteiger partial charge on any atom is -0.489 e. The molecule has 0 spiro atoms. The van der Waals surface area contributed by atoms with Gasteiger partial charge >= 0.3 is 0 Å². The van der Waals surface area contributed by atoms with Gasteiger partial charge in [-0.2, -0.15) is 0 Å². The summed E-state index contributed by atoms with van der Waals surface area (Å²) in [6, 6.07) is 7.32. The molecule has 8 heteroatoms. The number of nitrogens with one attached hydrogen (secondary N) is 3. The largest absolute Gasteiger partial charge is 0.489 e. The molecule has 0 unspecified atom stereocenters. The summed E-state index contributed by atoms with van der Waals surface area (Å²) in [5, 5.41) is 14.5. The van der Waals surface area contributed by atoms with E-state index < -0.39 is 0 Å². The van der Waals surface area contributed by atoms with E-state index in [0.717, 1.165) is 11.9 Å². The first-order valence-electron chi connectivity index (χ1n) is 7.17. The Balaban J connectivity index is 1.83. The SMILES string of the molecule is Cc1ncnc(NCCO/C(C=N)=C/Nc2ccccc2Cl)c1Cl. The number of ether oxygens (including phenoxy) is 1. The fraction of sp³-hybridized carbons (Fsp3) is 0.188. The number of hydrogen-bond acceptors (Lipinski definition) is 6. The van der Waals surface area contributed by atoms with E-state index in [9.17, 15) is 0 Å². The van der Waals surface area contributed by atoms with E-state index in [2.05, 4.69) is 20.6 Å². The summed E-state index contributed by atoms with van der Waals surface area (Å²) in [6.07, 6.45) is 4.14. The number of aromatic nitrogens is 2. The molecule has 0 radical (unpaired) electrons. The van der Waals surface area contributed by atoms with Gasteiger partial charge in [0.05, 0.1) is 29.2 Å². The Morgan fingerprint density at radius 2 is 2.08 bits per heavy atom. The molecule has 24 heavy (non-hydrogen) atoms. The third-order valence-corrected chi connectivity index (χ3v) is 3.80. The van der Waals surface area contributed by atoms with Crippen molar-refractivity contribution in [3.05, 3.63) is 58.3 Å². The molecular formula is C16H17Cl2N5O. The molecule has 0 aliphatic carbocycles. The monoisotopic (exact) mass is 365 g/mol. The number of anilines is 2. The maximum absolute atomic E-state index is 7.39. The summed E-state index contributed by atoms with van der Waals surface area (Å²) < 4.78 is 5.51. The summed E-state index contributed by atoms with van der Waals surface area (Å²) in [4.78, 5) is 8.06. The molecule has 1 aromatic heterocycles. The van der Waals surface area contributed by atoms with Crippen LogP contribution in [0, 0.1) is 12.3 Å². The molecular weight excluding hydrogens is 349 g/mol. The van der Waals surface area contributed by atoms with Gasteiger partial charge in [-0.3, -0.25) is 0 Å². The number of rotatable bonds is 8. The van der Waals surface area contributed by atoms with Gasteiger partial charge in [0.25, 0.3) is 0 Å². The third-order valence-electron chi connectivity index (χ3n) is 3.01. The molecule has 0 aliphatic rings. The second-order valence-corrected chi connectivity index (χ2v) is 5.50. The molecule has 0 bridgehead atoms. The average Bonchev–Trinajstić information content (AvgIpc) is 2.59. The van der Waals surface area contributed by atoms with Gasteiger partial charge in [0, 0.05) is 6.20 Å². The summed E-state index contributed by atoms with van der Waals surface area (Å²) in [7, 11) is 0. The van der Waals surface area contributed by atoms with E-state index >= 15 is 0 Å². The van der Waals surface area contributed by atoms with Crippen molar-refractivity contribution in [1.29, 1.82) is 5.41 Å². The van der Waals surface area contributed by atoms with Crippen molar-refractivity contribution in [2.75, 3.05) is 23.8 Å². The molecule has 0 fully saturated rings. The highest BCUT2D eigenvalue weighted by molar-refractivity contribution is 6.33. The van der Waals surface area contributed by atoms with Crippen LogP contribution in [0.3, 0.4) is 0 Å². The first kappa shape index (κ1) is 18.0. The van der Waals surface area contributed by atoms with E-state index in [1.807, 2.05) is 25.1 Å². The maximum Gasteiger partial charge on any atom is 0.152 e. The van der Waals surface area contributed by atoms with Crippen LogP contribution in [0.25, 0.3) is 0 Å². The van der Waals surface area contributed by atoms with Gasteiger partial charge in [-0.15, -0.1) is 0 Å². The predicted molar refractivity (Wildman–Crippen MR) is 98.2 cm³/mol. The van der Waals surface area contributed by atoms with Gasteiger partial charge in [-0.25, -0.2) is 9.97 Å². The Labute approximate surface area is 150 Å². The molecule has 1 aromatic carbocycles. The highest BCUT2D eigenvalue weighted by atomic mass is 35.5. The lowest BCUT2D eigenvalue weighted by atomic mass is 10.3. The Kier molecular flexibility index (Phi) is 6.84. The van der Waals surface area contributed by atoms with Crippen LogP contribution in [0.15, 0.2) is 42.6 Å². The van der Waals surface area contributed by atoms with Crippen molar-refractivity contribution in [1.82, 2.24) is 9.97 Å². The molecule has 126 valence electrons. The van der Waals surface area contributed by atoms with Crippen LogP contribution in [0.2, 0.25) is 10.0 Å². The zero-order valence-electron chi connectivity index (χ0n) is 13.0. The molecule has 0 saturated carbocycles. The first-order chi connectivity index (χ1) is 11.6. The van der Waals surface area contributed by atoms with E-state index in [1.165, 1.54) is 6.33 Å². The lowest BCUT2D eigenvalue weighted by Gasteiger charge is -2.10. The predicted octanol–water partition coefficient (Wildman–Crippen LogP) is 4.12. The summed E-state index contributed by atoms with van der Waals surface area (Å²) in [5.74, 6) is 0.934. The van der Waals surface area contributed by atoms with Crippen LogP contribution in [0.5, 0.6) is 0 Å². The van der Waals surface area contributed by atoms with Crippen molar-refractivity contribution in [3.8, 4) is 0 Å². The van der Waals surface area contributed by atoms with Gasteiger partial charge in [-0.05, 0) is 19.1 Å². The van der Waals surface area contributed by atoms with E-state index in [1.54, 1.807) is 12.3 Å². The number of para-hydroxylation sites is 1. The van der Waals surface area contributed by atoms with Crippen LogP contribution in [-0.4, -0.2) is 29.3 Å². The van der Waals surface area contributed by atoms with E-state index in [4.69, 9.17) is 33.3 Å². The molecule has 6 nitrogen and oxygen atoms in total. The number of benzene rings is 1. The topological polar surface area (TPSA) is 82.9 Å². The second-order valence-electron chi connectivity index (χ2n) is 4.71. The fourth-order valence-corrected chi connectivity index (χ4v) is 2.13. The zero-order valence-corrected chi connectivity index (χ0v) is 14.5. The highest BCUT2D eigenvalue weighted by Crippen LogP contribution is 2.21. The molecule has 2 aromatic rings. The minimum atomic E-state index is 0.338. The maximum atomic E-state index is 7.39. The van der Waals surface area contributed by atoms with Crippen LogP contribution in [0.4, 0.5) is 11.5 Å². The summed E-state index contributed by atoms with van der Waals surface area (Å²) >= 11 is 12.1. The Hall–Kier alpha value is -2.31. The number of hydrogen-bond donors (Lipinski definition) is 3. The summed E-state index contributed by atoms with van der Waals surface area (Å²) in [6.45, 7) is 2.63. The Bertz CT molecular complexity index is 736. The number of halogens is 2. The van der Waals surface area contributed by atoms with Gasteiger partial charge in [-0.1, -0.05) is 35.3 Å². The molecule has 0 atom stereocenters. The molecule has 0 amide bonds. The van der Waals surface area contributed by atoms with Gasteiger partial charge in [0.1, 0.15) is 23.8 Å². The first-order valence-corrected chi connectivity index (χ1v) is 7.93. The minimum absolute atomic E-state index is 0.338. The van der Waals surface area contributed by atoms with Crippen LogP contribution < -0.4 is 10.6 Å². The molecule has 2 rings (SSSR count). The van der Waals surface area contributed by atoms with Crippen molar-refractivity contribution < 1.29 is 4.74 Å². The van der Waals surface area contributed by atoms with Crippen molar-refractivity contribution in [2.45, 2.75) is 6.92 Å². The summed E-state index contributed by atoms with van der Waals surface area (Å²) in [5.41, 5.74) is 1.45. The quantitative estimate of drug-likeness (QED) is 0.372. The average molecular weight is 366 g/mol. The molecule has 3 N–H and O–H groups in total. The number of nitrogens with zero attached hydrogens (tertiary/aromatic N) is 2. The Morgan fingerprint density at radius 3 is 2.83 bits per heavy atom. The van der Waals surface area contributed by atoms with Crippen LogP contribution in [-0.2, 0) is 4.74 Å². The van der Waals surface area contributed by atoms with E-state index in [-0.39, 0.29) is 0 Å². The fourth-order valence-electron chi connectivity index (χ4n) is 1.77. The highest BCUT2D eigenvalue weighted by Gasteiger charge is 2.04. The third kappa shape index (κ3) is 5.11. The normalized spacial score (nSPS) is 11.0. The van der Waals surface area contributed by atoms with Crippen molar-refractivity contribution in [3.63, 3.8) is 0 Å². The molecule has 0 aliphatic heterocycles. The smallest absolute Gasteiger partial charge is 0.152 e. The zero-order chi connectivity index (χ0) is 17.4. The van der Waals surface area contributed by atoms with Gasteiger partial charge in [0.15, 0.2) is 5.76 Å². The van der Waals surface area contributed by atoms with Crippen LogP contribution >= 0.6 is 23.2 Å². The van der Waals surface area contributed by atoms with Crippen LogP contribution in [0.1, 0.15) is 5.69 Å². The van der Waals surface area contributed by atoms with E-state index in [0.29, 0.717) is 40.5 Å². The number of allylic oxidation sites excluding steroid dienone is 1. The second kappa shape index (κ2) is 9.10. The molecule has 1 heterocycles. The lowest BCUT2D eigenvalue weighted by molar-refractivity contribution is 0.245.